The summed E-state index contributed by atoms with van der Waals surface area (Å²) in [6.07, 6.45) is 7.40. The lowest BCUT2D eigenvalue weighted by Gasteiger charge is -2.13. The number of nitrogens with zero attached hydrogens (tertiary/aromatic N) is 3. The van der Waals surface area contributed by atoms with Crippen molar-refractivity contribution < 1.29 is 0 Å². The smallest absolute Gasteiger partial charge is 0.181 e. The van der Waals surface area contributed by atoms with Crippen LogP contribution in [0.15, 0.2) is 24.5 Å². The molecule has 2 rings (SSSR count). The van der Waals surface area contributed by atoms with Crippen LogP contribution in [0.2, 0.25) is 0 Å². The van der Waals surface area contributed by atoms with Crippen molar-refractivity contribution in [1.29, 1.82) is 0 Å². The molecule has 0 bridgehead atoms. The molecule has 1 unspecified atom stereocenters. The summed E-state index contributed by atoms with van der Waals surface area (Å²) in [5, 5.41) is 5.64. The molecule has 0 N–H and O–H groups in total. The van der Waals surface area contributed by atoms with Crippen LogP contribution in [0.25, 0.3) is 11.0 Å². The Morgan fingerprint density at radius 2 is 2.27 bits per heavy atom. The van der Waals surface area contributed by atoms with E-state index in [4.69, 9.17) is 0 Å². The molecular formula is C12H17N3. The zero-order valence-electron chi connectivity index (χ0n) is 9.35. The van der Waals surface area contributed by atoms with Gasteiger partial charge in [-0.2, -0.15) is 5.10 Å². The van der Waals surface area contributed by atoms with Gasteiger partial charge in [-0.15, -0.1) is 0 Å². The molecule has 0 aliphatic carbocycles. The minimum Gasteiger partial charge on any atom is -0.267 e. The Bertz CT molecular complexity index is 400. The molecule has 0 amide bonds. The van der Waals surface area contributed by atoms with Crippen molar-refractivity contribution in [3.63, 3.8) is 0 Å². The third-order valence-corrected chi connectivity index (χ3v) is 2.77. The van der Waals surface area contributed by atoms with Gasteiger partial charge < -0.3 is 0 Å². The fraction of sp³-hybridized carbons (Fsp3) is 0.500. The van der Waals surface area contributed by atoms with E-state index in [1.54, 1.807) is 6.20 Å². The Kier molecular flexibility index (Phi) is 2.99. The standard InChI is InChI=1S/C12H17N3/c1-3-6-11(4-2)15-9-10-7-5-8-13-12(10)14-15/h5,7-9,11H,3-4,6H2,1-2H3. The molecule has 0 spiro atoms. The van der Waals surface area contributed by atoms with Gasteiger partial charge in [0, 0.05) is 17.8 Å². The molecule has 3 nitrogen and oxygen atoms in total. The molecule has 2 aromatic rings. The number of rotatable bonds is 4. The predicted octanol–water partition coefficient (Wildman–Crippen LogP) is 3.18. The van der Waals surface area contributed by atoms with E-state index in [1.165, 1.54) is 12.8 Å². The van der Waals surface area contributed by atoms with Gasteiger partial charge in [0.2, 0.25) is 0 Å². The zero-order chi connectivity index (χ0) is 10.7. The van der Waals surface area contributed by atoms with Crippen LogP contribution in [0.1, 0.15) is 39.2 Å². The van der Waals surface area contributed by atoms with Crippen LogP contribution in [-0.2, 0) is 0 Å². The molecule has 0 aromatic carbocycles. The van der Waals surface area contributed by atoms with Crippen molar-refractivity contribution in [1.82, 2.24) is 14.8 Å². The quantitative estimate of drug-likeness (QED) is 0.764. The molecule has 2 heterocycles. The normalized spacial score (nSPS) is 13.2. The number of fused-ring (bicyclic) bond motifs is 1. The largest absolute Gasteiger partial charge is 0.267 e. The van der Waals surface area contributed by atoms with E-state index in [1.807, 2.05) is 6.07 Å². The lowest BCUT2D eigenvalue weighted by molar-refractivity contribution is 0.411. The van der Waals surface area contributed by atoms with Gasteiger partial charge in [-0.05, 0) is 25.0 Å². The van der Waals surface area contributed by atoms with E-state index < -0.39 is 0 Å². The number of pyridine rings is 1. The van der Waals surface area contributed by atoms with E-state index in [0.29, 0.717) is 6.04 Å². The molecule has 0 radical (unpaired) electrons. The molecule has 80 valence electrons. The first-order valence-corrected chi connectivity index (χ1v) is 5.65. The minimum atomic E-state index is 0.518. The van der Waals surface area contributed by atoms with Crippen molar-refractivity contribution >= 4 is 11.0 Å². The summed E-state index contributed by atoms with van der Waals surface area (Å²) in [5.41, 5.74) is 0.854. The van der Waals surface area contributed by atoms with Gasteiger partial charge in [0.15, 0.2) is 5.65 Å². The summed E-state index contributed by atoms with van der Waals surface area (Å²) in [4.78, 5) is 4.25. The van der Waals surface area contributed by atoms with Gasteiger partial charge in [0.25, 0.3) is 0 Å². The predicted molar refractivity (Wildman–Crippen MR) is 61.8 cm³/mol. The van der Waals surface area contributed by atoms with E-state index in [2.05, 4.69) is 40.9 Å². The van der Waals surface area contributed by atoms with E-state index >= 15 is 0 Å². The second kappa shape index (κ2) is 4.43. The summed E-state index contributed by atoms with van der Waals surface area (Å²) >= 11 is 0. The highest BCUT2D eigenvalue weighted by atomic mass is 15.3. The van der Waals surface area contributed by atoms with Crippen molar-refractivity contribution in [2.45, 2.75) is 39.2 Å². The highest BCUT2D eigenvalue weighted by Crippen LogP contribution is 2.19. The van der Waals surface area contributed by atoms with E-state index in [-0.39, 0.29) is 0 Å². The fourth-order valence-electron chi connectivity index (χ4n) is 1.92. The van der Waals surface area contributed by atoms with Crippen LogP contribution in [0, 0.1) is 0 Å². The fourth-order valence-corrected chi connectivity index (χ4v) is 1.92. The molecule has 0 aliphatic rings. The van der Waals surface area contributed by atoms with Gasteiger partial charge in [-0.3, -0.25) is 4.68 Å². The summed E-state index contributed by atoms with van der Waals surface area (Å²) in [6, 6.07) is 4.53. The summed E-state index contributed by atoms with van der Waals surface area (Å²) in [7, 11) is 0. The summed E-state index contributed by atoms with van der Waals surface area (Å²) in [6.45, 7) is 4.42. The number of aromatic nitrogens is 3. The average molecular weight is 203 g/mol. The highest BCUT2D eigenvalue weighted by Gasteiger charge is 2.09. The molecule has 0 saturated heterocycles. The SMILES string of the molecule is CCCC(CC)n1cc2cccnc2n1. The summed E-state index contributed by atoms with van der Waals surface area (Å²) in [5.74, 6) is 0. The van der Waals surface area contributed by atoms with E-state index in [0.717, 1.165) is 17.5 Å². The Hall–Kier alpha value is -1.38. The monoisotopic (exact) mass is 203 g/mol. The minimum absolute atomic E-state index is 0.518. The third-order valence-electron chi connectivity index (χ3n) is 2.77. The van der Waals surface area contributed by atoms with Crippen molar-refractivity contribution in [2.24, 2.45) is 0 Å². The average Bonchev–Trinajstić information content (AvgIpc) is 2.69. The zero-order valence-corrected chi connectivity index (χ0v) is 9.35. The van der Waals surface area contributed by atoms with Crippen LogP contribution in [0.3, 0.4) is 0 Å². The molecule has 15 heavy (non-hydrogen) atoms. The van der Waals surface area contributed by atoms with Crippen LogP contribution in [0.5, 0.6) is 0 Å². The Balaban J connectivity index is 2.34. The van der Waals surface area contributed by atoms with Gasteiger partial charge in [-0.1, -0.05) is 20.3 Å². The summed E-state index contributed by atoms with van der Waals surface area (Å²) < 4.78 is 2.07. The second-order valence-corrected chi connectivity index (χ2v) is 3.88. The van der Waals surface area contributed by atoms with Crippen LogP contribution < -0.4 is 0 Å². The lowest BCUT2D eigenvalue weighted by atomic mass is 10.1. The maximum Gasteiger partial charge on any atom is 0.181 e. The molecule has 0 fully saturated rings. The van der Waals surface area contributed by atoms with Gasteiger partial charge in [0.1, 0.15) is 0 Å². The molecule has 2 aromatic heterocycles. The first kappa shape index (κ1) is 10.1. The topological polar surface area (TPSA) is 30.7 Å². The second-order valence-electron chi connectivity index (χ2n) is 3.88. The van der Waals surface area contributed by atoms with Crippen LogP contribution >= 0.6 is 0 Å². The van der Waals surface area contributed by atoms with Gasteiger partial charge >= 0.3 is 0 Å². The lowest BCUT2D eigenvalue weighted by Crippen LogP contribution is -2.08. The number of hydrogen-bond donors (Lipinski definition) is 0. The highest BCUT2D eigenvalue weighted by molar-refractivity contribution is 5.73. The van der Waals surface area contributed by atoms with Gasteiger partial charge in [0.05, 0.1) is 6.04 Å². The maximum atomic E-state index is 4.51. The van der Waals surface area contributed by atoms with Gasteiger partial charge in [-0.25, -0.2) is 4.98 Å². The molecule has 0 aliphatic heterocycles. The number of hydrogen-bond acceptors (Lipinski definition) is 2. The Morgan fingerprint density at radius 3 is 2.93 bits per heavy atom. The first-order chi connectivity index (χ1) is 7.35. The molecule has 3 heteroatoms. The Morgan fingerprint density at radius 1 is 1.40 bits per heavy atom. The Labute approximate surface area is 90.1 Å². The third kappa shape index (κ3) is 2.01. The van der Waals surface area contributed by atoms with Crippen molar-refractivity contribution in [2.75, 3.05) is 0 Å². The van der Waals surface area contributed by atoms with Crippen LogP contribution in [-0.4, -0.2) is 14.8 Å². The first-order valence-electron chi connectivity index (χ1n) is 5.65. The molecule has 0 saturated carbocycles. The van der Waals surface area contributed by atoms with Crippen molar-refractivity contribution in [3.05, 3.63) is 24.5 Å². The molecular weight excluding hydrogens is 186 g/mol. The van der Waals surface area contributed by atoms with Crippen molar-refractivity contribution in [3.8, 4) is 0 Å². The van der Waals surface area contributed by atoms with E-state index in [9.17, 15) is 0 Å². The molecule has 1 atom stereocenters. The maximum absolute atomic E-state index is 4.51. The van der Waals surface area contributed by atoms with Crippen LogP contribution in [0.4, 0.5) is 0 Å².